The number of anilines is 1. The zero-order valence-corrected chi connectivity index (χ0v) is 13.0. The molecule has 110 valence electrons. The monoisotopic (exact) mass is 295 g/mol. The molecular formula is C15H21NO3S. The number of thioether (sulfide) groups is 1. The number of nitrogens with zero attached hydrogens (tertiary/aromatic N) is 1. The van der Waals surface area contributed by atoms with Gasteiger partial charge >= 0.3 is 5.97 Å². The lowest BCUT2D eigenvalue weighted by atomic mass is 9.99. The molecule has 1 saturated heterocycles. The van der Waals surface area contributed by atoms with Gasteiger partial charge in [-0.05, 0) is 31.7 Å². The first-order valence-electron chi connectivity index (χ1n) is 6.82. The number of hydrogen-bond donors (Lipinski definition) is 1. The third kappa shape index (κ3) is 2.94. The quantitative estimate of drug-likeness (QED) is 0.865. The van der Waals surface area contributed by atoms with E-state index in [0.29, 0.717) is 25.3 Å². The second kappa shape index (κ2) is 6.06. The topological polar surface area (TPSA) is 49.8 Å². The Morgan fingerprint density at radius 2 is 2.25 bits per heavy atom. The van der Waals surface area contributed by atoms with Gasteiger partial charge in [0.05, 0.1) is 30.0 Å². The van der Waals surface area contributed by atoms with E-state index in [1.807, 2.05) is 25.1 Å². The maximum Gasteiger partial charge on any atom is 0.338 e. The van der Waals surface area contributed by atoms with Crippen LogP contribution >= 0.6 is 11.8 Å². The Hall–Kier alpha value is -1.20. The van der Waals surface area contributed by atoms with Gasteiger partial charge in [-0.1, -0.05) is 13.0 Å². The van der Waals surface area contributed by atoms with Crippen molar-refractivity contribution in [1.29, 1.82) is 0 Å². The van der Waals surface area contributed by atoms with Crippen LogP contribution < -0.4 is 4.90 Å². The molecule has 20 heavy (non-hydrogen) atoms. The van der Waals surface area contributed by atoms with Gasteiger partial charge in [0.25, 0.3) is 0 Å². The average Bonchev–Trinajstić information content (AvgIpc) is 2.38. The predicted octanol–water partition coefficient (Wildman–Crippen LogP) is 3.11. The zero-order valence-electron chi connectivity index (χ0n) is 12.2. The highest BCUT2D eigenvalue weighted by Gasteiger charge is 2.33. The lowest BCUT2D eigenvalue weighted by molar-refractivity contribution is 0.0628. The summed E-state index contributed by atoms with van der Waals surface area (Å²) in [5.74, 6) is -0.00481. The third-order valence-electron chi connectivity index (χ3n) is 3.45. The van der Waals surface area contributed by atoms with Crippen molar-refractivity contribution in [2.75, 3.05) is 30.4 Å². The summed E-state index contributed by atoms with van der Waals surface area (Å²) in [5.41, 5.74) is 1.01. The van der Waals surface area contributed by atoms with Gasteiger partial charge in [0.2, 0.25) is 0 Å². The van der Waals surface area contributed by atoms with Crippen LogP contribution in [0.4, 0.5) is 5.69 Å². The van der Waals surface area contributed by atoms with Gasteiger partial charge < -0.3 is 14.7 Å². The van der Waals surface area contributed by atoms with Gasteiger partial charge in [-0.2, -0.15) is 0 Å². The van der Waals surface area contributed by atoms with Crippen LogP contribution in [-0.2, 0) is 4.74 Å². The standard InChI is InChI=1S/C15H21NO3S/c1-4-20-12-7-5-6-11(13(12)14(17)18)16-8-9-19-10-15(16,2)3/h5-7H,4,8-10H2,1-3H3,(H,17,18). The molecule has 0 aliphatic carbocycles. The average molecular weight is 295 g/mol. The Labute approximate surface area is 124 Å². The molecule has 5 heteroatoms. The second-order valence-electron chi connectivity index (χ2n) is 5.41. The molecule has 0 radical (unpaired) electrons. The summed E-state index contributed by atoms with van der Waals surface area (Å²) < 4.78 is 5.52. The molecule has 1 heterocycles. The predicted molar refractivity (Wildman–Crippen MR) is 82.0 cm³/mol. The normalized spacial score (nSPS) is 18.1. The van der Waals surface area contributed by atoms with E-state index in [1.165, 1.54) is 0 Å². The molecule has 0 atom stereocenters. The summed E-state index contributed by atoms with van der Waals surface area (Å²) in [6, 6.07) is 5.72. The first-order chi connectivity index (χ1) is 9.47. The van der Waals surface area contributed by atoms with Crippen molar-refractivity contribution < 1.29 is 14.6 Å². The van der Waals surface area contributed by atoms with Crippen molar-refractivity contribution in [2.24, 2.45) is 0 Å². The fraction of sp³-hybridized carbons (Fsp3) is 0.533. The highest BCUT2D eigenvalue weighted by Crippen LogP contribution is 2.35. The van der Waals surface area contributed by atoms with Crippen molar-refractivity contribution in [3.05, 3.63) is 23.8 Å². The number of carboxylic acids is 1. The van der Waals surface area contributed by atoms with Gasteiger partial charge in [-0.25, -0.2) is 4.79 Å². The summed E-state index contributed by atoms with van der Waals surface area (Å²) in [5, 5.41) is 9.60. The number of hydrogen-bond acceptors (Lipinski definition) is 4. The highest BCUT2D eigenvalue weighted by molar-refractivity contribution is 7.99. The molecule has 0 bridgehead atoms. The lowest BCUT2D eigenvalue weighted by Gasteiger charge is -2.44. The highest BCUT2D eigenvalue weighted by atomic mass is 32.2. The molecule has 2 rings (SSSR count). The minimum atomic E-state index is -0.862. The van der Waals surface area contributed by atoms with Crippen LogP contribution in [0.15, 0.2) is 23.1 Å². The summed E-state index contributed by atoms with van der Waals surface area (Å²) in [6.07, 6.45) is 0. The second-order valence-corrected chi connectivity index (χ2v) is 6.71. The Kier molecular flexibility index (Phi) is 4.60. The van der Waals surface area contributed by atoms with E-state index in [-0.39, 0.29) is 5.54 Å². The van der Waals surface area contributed by atoms with E-state index in [2.05, 4.69) is 18.7 Å². The van der Waals surface area contributed by atoms with Crippen molar-refractivity contribution >= 4 is 23.4 Å². The van der Waals surface area contributed by atoms with Crippen LogP contribution in [0.3, 0.4) is 0 Å². The fourth-order valence-electron chi connectivity index (χ4n) is 2.54. The van der Waals surface area contributed by atoms with Crippen LogP contribution in [0.25, 0.3) is 0 Å². The Bertz CT molecular complexity index is 502. The molecule has 1 aliphatic heterocycles. The Morgan fingerprint density at radius 3 is 2.85 bits per heavy atom. The summed E-state index contributed by atoms with van der Waals surface area (Å²) in [6.45, 7) is 8.15. The number of carbonyl (C=O) groups is 1. The molecule has 1 fully saturated rings. The molecule has 0 aromatic heterocycles. The Balaban J connectivity index is 2.50. The van der Waals surface area contributed by atoms with E-state index in [0.717, 1.165) is 16.3 Å². The molecule has 0 spiro atoms. The number of morpholine rings is 1. The lowest BCUT2D eigenvalue weighted by Crippen LogP contribution is -2.53. The minimum absolute atomic E-state index is 0.196. The molecule has 0 saturated carbocycles. The molecule has 1 aromatic carbocycles. The SMILES string of the molecule is CCSc1cccc(N2CCOCC2(C)C)c1C(=O)O. The number of benzene rings is 1. The van der Waals surface area contributed by atoms with Gasteiger partial charge in [-0.15, -0.1) is 11.8 Å². The van der Waals surface area contributed by atoms with Gasteiger partial charge in [0, 0.05) is 11.4 Å². The van der Waals surface area contributed by atoms with Crippen LogP contribution in [0.1, 0.15) is 31.1 Å². The maximum absolute atomic E-state index is 11.7. The fourth-order valence-corrected chi connectivity index (χ4v) is 3.36. The van der Waals surface area contributed by atoms with Crippen molar-refractivity contribution in [1.82, 2.24) is 0 Å². The van der Waals surface area contributed by atoms with Gasteiger partial charge in [0.1, 0.15) is 0 Å². The molecule has 4 nitrogen and oxygen atoms in total. The maximum atomic E-state index is 11.7. The number of rotatable bonds is 4. The van der Waals surface area contributed by atoms with Gasteiger partial charge in [-0.3, -0.25) is 0 Å². The van der Waals surface area contributed by atoms with E-state index < -0.39 is 5.97 Å². The molecular weight excluding hydrogens is 274 g/mol. The number of carboxylic acid groups (broad SMARTS) is 1. The van der Waals surface area contributed by atoms with Crippen LogP contribution in [0, 0.1) is 0 Å². The van der Waals surface area contributed by atoms with E-state index in [9.17, 15) is 9.90 Å². The number of ether oxygens (including phenoxy) is 1. The summed E-state index contributed by atoms with van der Waals surface area (Å²) >= 11 is 1.57. The summed E-state index contributed by atoms with van der Waals surface area (Å²) in [4.78, 5) is 14.7. The number of aromatic carboxylic acids is 1. The Morgan fingerprint density at radius 1 is 1.50 bits per heavy atom. The van der Waals surface area contributed by atoms with Crippen LogP contribution in [-0.4, -0.2) is 42.1 Å². The largest absolute Gasteiger partial charge is 0.478 e. The molecule has 1 aliphatic rings. The third-order valence-corrected chi connectivity index (χ3v) is 4.39. The molecule has 1 aromatic rings. The van der Waals surface area contributed by atoms with E-state index in [4.69, 9.17) is 4.74 Å². The molecule has 0 unspecified atom stereocenters. The zero-order chi connectivity index (χ0) is 14.8. The summed E-state index contributed by atoms with van der Waals surface area (Å²) in [7, 11) is 0. The van der Waals surface area contributed by atoms with Crippen molar-refractivity contribution in [3.63, 3.8) is 0 Å². The molecule has 1 N–H and O–H groups in total. The first kappa shape index (κ1) is 15.2. The first-order valence-corrected chi connectivity index (χ1v) is 7.80. The minimum Gasteiger partial charge on any atom is -0.478 e. The van der Waals surface area contributed by atoms with E-state index in [1.54, 1.807) is 11.8 Å². The van der Waals surface area contributed by atoms with Crippen LogP contribution in [0.2, 0.25) is 0 Å². The molecule has 0 amide bonds. The van der Waals surface area contributed by atoms with Crippen LogP contribution in [0.5, 0.6) is 0 Å². The van der Waals surface area contributed by atoms with Crippen molar-refractivity contribution in [3.8, 4) is 0 Å². The van der Waals surface area contributed by atoms with Gasteiger partial charge in [0.15, 0.2) is 0 Å². The smallest absolute Gasteiger partial charge is 0.338 e. The van der Waals surface area contributed by atoms with E-state index >= 15 is 0 Å². The van der Waals surface area contributed by atoms with Crippen molar-refractivity contribution in [2.45, 2.75) is 31.2 Å².